The summed E-state index contributed by atoms with van der Waals surface area (Å²) in [7, 11) is -4.05. The summed E-state index contributed by atoms with van der Waals surface area (Å²) in [5.41, 5.74) is 1.88. The minimum absolute atomic E-state index is 0.247. The Hall–Kier alpha value is -2.59. The third kappa shape index (κ3) is 6.57. The summed E-state index contributed by atoms with van der Waals surface area (Å²) in [5.74, 6) is -1.09. The molecule has 0 heterocycles. The molecule has 0 unspecified atom stereocenters. The maximum Gasteiger partial charge on any atom is 0.573 e. The van der Waals surface area contributed by atoms with Crippen molar-refractivity contribution in [3.05, 3.63) is 59.7 Å². The molecule has 0 bridgehead atoms. The zero-order valence-electron chi connectivity index (χ0n) is 14.2. The Labute approximate surface area is 154 Å². The number of carbonyl (C=O) groups excluding carboxylic acids is 1. The number of hydrogen-bond acceptors (Lipinski definition) is 4. The lowest BCUT2D eigenvalue weighted by Crippen LogP contribution is -2.36. The largest absolute Gasteiger partial charge is 0.573 e. The summed E-state index contributed by atoms with van der Waals surface area (Å²) in [6.45, 7) is 1.63. The van der Waals surface area contributed by atoms with E-state index in [-0.39, 0.29) is 11.4 Å². The maximum absolute atomic E-state index is 12.1. The molecule has 0 aliphatic rings. The molecule has 0 aliphatic heterocycles. The van der Waals surface area contributed by atoms with Gasteiger partial charge in [0, 0.05) is 6.54 Å². The molecule has 0 aliphatic carbocycles. The Morgan fingerprint density at radius 1 is 1.07 bits per heavy atom. The Bertz CT molecular complexity index is 897. The molecule has 10 heteroatoms. The molecule has 2 N–H and O–H groups in total. The van der Waals surface area contributed by atoms with E-state index in [0.717, 1.165) is 35.4 Å². The van der Waals surface area contributed by atoms with Crippen LogP contribution in [0.15, 0.2) is 53.4 Å². The molecule has 0 aromatic heterocycles. The predicted molar refractivity (Wildman–Crippen MR) is 91.3 cm³/mol. The van der Waals surface area contributed by atoms with Crippen molar-refractivity contribution in [1.82, 2.24) is 10.0 Å². The molecule has 0 fully saturated rings. The van der Waals surface area contributed by atoms with Crippen LogP contribution in [0.3, 0.4) is 0 Å². The third-order valence-corrected chi connectivity index (χ3v) is 4.94. The fourth-order valence-corrected chi connectivity index (χ4v) is 3.11. The van der Waals surface area contributed by atoms with Crippen LogP contribution in [0.1, 0.15) is 11.1 Å². The van der Waals surface area contributed by atoms with E-state index in [1.807, 2.05) is 31.2 Å². The molecule has 0 radical (unpaired) electrons. The number of halogens is 3. The summed E-state index contributed by atoms with van der Waals surface area (Å²) in [5, 5.41) is 2.59. The Morgan fingerprint density at radius 2 is 1.70 bits per heavy atom. The third-order valence-electron chi connectivity index (χ3n) is 3.53. The first-order chi connectivity index (χ1) is 12.6. The molecule has 146 valence electrons. The lowest BCUT2D eigenvalue weighted by atomic mass is 10.1. The lowest BCUT2D eigenvalue weighted by molar-refractivity contribution is -0.274. The SMILES string of the molecule is Cc1ccccc1CNC(=O)CNS(=O)(=O)c1ccc(OC(F)(F)F)cc1. The van der Waals surface area contributed by atoms with Crippen LogP contribution in [0.4, 0.5) is 13.2 Å². The highest BCUT2D eigenvalue weighted by Gasteiger charge is 2.31. The zero-order chi connectivity index (χ0) is 20.1. The van der Waals surface area contributed by atoms with Gasteiger partial charge in [0.1, 0.15) is 5.75 Å². The van der Waals surface area contributed by atoms with Crippen molar-refractivity contribution in [3.8, 4) is 5.75 Å². The van der Waals surface area contributed by atoms with Crippen LogP contribution in [0, 0.1) is 6.92 Å². The first kappa shape index (κ1) is 20.7. The van der Waals surface area contributed by atoms with Crippen molar-refractivity contribution < 1.29 is 31.1 Å². The van der Waals surface area contributed by atoms with Gasteiger partial charge in [-0.3, -0.25) is 4.79 Å². The maximum atomic E-state index is 12.1. The molecule has 6 nitrogen and oxygen atoms in total. The van der Waals surface area contributed by atoms with Crippen molar-refractivity contribution in [1.29, 1.82) is 0 Å². The second kappa shape index (κ2) is 8.40. The lowest BCUT2D eigenvalue weighted by Gasteiger charge is -2.11. The first-order valence-corrected chi connectivity index (χ1v) is 9.22. The minimum Gasteiger partial charge on any atom is -0.406 e. The summed E-state index contributed by atoms with van der Waals surface area (Å²) in [6, 6.07) is 11.1. The fraction of sp³-hybridized carbons (Fsp3) is 0.235. The van der Waals surface area contributed by atoms with Gasteiger partial charge in [0.15, 0.2) is 0 Å². The van der Waals surface area contributed by atoms with Crippen molar-refractivity contribution in [2.24, 2.45) is 0 Å². The number of rotatable bonds is 7. The number of carbonyl (C=O) groups is 1. The van der Waals surface area contributed by atoms with E-state index in [1.54, 1.807) is 0 Å². The zero-order valence-corrected chi connectivity index (χ0v) is 15.0. The van der Waals surface area contributed by atoms with Crippen LogP contribution in [0.5, 0.6) is 5.75 Å². The molecular formula is C17H17F3N2O4S. The van der Waals surface area contributed by atoms with Crippen LogP contribution in [0.2, 0.25) is 0 Å². The summed E-state index contributed by atoms with van der Waals surface area (Å²) in [4.78, 5) is 11.5. The van der Waals surface area contributed by atoms with Crippen LogP contribution in [-0.4, -0.2) is 27.2 Å². The number of hydrogen-bond donors (Lipinski definition) is 2. The topological polar surface area (TPSA) is 84.5 Å². The highest BCUT2D eigenvalue weighted by molar-refractivity contribution is 7.89. The molecule has 27 heavy (non-hydrogen) atoms. The second-order valence-electron chi connectivity index (χ2n) is 5.55. The van der Waals surface area contributed by atoms with E-state index in [9.17, 15) is 26.4 Å². The Morgan fingerprint density at radius 3 is 2.30 bits per heavy atom. The van der Waals surface area contributed by atoms with Crippen molar-refractivity contribution in [2.45, 2.75) is 24.7 Å². The number of sulfonamides is 1. The molecule has 2 aromatic carbocycles. The van der Waals surface area contributed by atoms with Gasteiger partial charge >= 0.3 is 6.36 Å². The van der Waals surface area contributed by atoms with Gasteiger partial charge < -0.3 is 10.1 Å². The van der Waals surface area contributed by atoms with Crippen LogP contribution in [-0.2, 0) is 21.4 Å². The van der Waals surface area contributed by atoms with E-state index in [1.165, 1.54) is 0 Å². The molecule has 1 amide bonds. The van der Waals surface area contributed by atoms with Crippen molar-refractivity contribution in [3.63, 3.8) is 0 Å². The van der Waals surface area contributed by atoms with Gasteiger partial charge in [-0.15, -0.1) is 13.2 Å². The van der Waals surface area contributed by atoms with Gasteiger partial charge in [0.2, 0.25) is 15.9 Å². The normalized spacial score (nSPS) is 11.9. The molecule has 2 aromatic rings. The van der Waals surface area contributed by atoms with E-state index in [2.05, 4.69) is 14.8 Å². The average molecular weight is 402 g/mol. The van der Waals surface area contributed by atoms with E-state index >= 15 is 0 Å². The van der Waals surface area contributed by atoms with E-state index < -0.39 is 34.6 Å². The number of benzene rings is 2. The van der Waals surface area contributed by atoms with E-state index in [0.29, 0.717) is 0 Å². The van der Waals surface area contributed by atoms with Gasteiger partial charge in [-0.05, 0) is 42.3 Å². The fourth-order valence-electron chi connectivity index (χ4n) is 2.13. The van der Waals surface area contributed by atoms with Gasteiger partial charge in [-0.2, -0.15) is 0 Å². The average Bonchev–Trinajstić information content (AvgIpc) is 2.58. The highest BCUT2D eigenvalue weighted by Crippen LogP contribution is 2.23. The monoisotopic (exact) mass is 402 g/mol. The van der Waals surface area contributed by atoms with Gasteiger partial charge in [-0.1, -0.05) is 24.3 Å². The van der Waals surface area contributed by atoms with Crippen LogP contribution >= 0.6 is 0 Å². The first-order valence-electron chi connectivity index (χ1n) is 7.73. The number of ether oxygens (including phenoxy) is 1. The smallest absolute Gasteiger partial charge is 0.406 e. The summed E-state index contributed by atoms with van der Waals surface area (Å²) < 4.78 is 66.3. The van der Waals surface area contributed by atoms with Gasteiger partial charge in [0.05, 0.1) is 11.4 Å². The van der Waals surface area contributed by atoms with Crippen molar-refractivity contribution >= 4 is 15.9 Å². The number of nitrogens with one attached hydrogen (secondary N) is 2. The molecule has 0 saturated heterocycles. The summed E-state index contributed by atoms with van der Waals surface area (Å²) >= 11 is 0. The number of amides is 1. The number of alkyl halides is 3. The van der Waals surface area contributed by atoms with Crippen LogP contribution in [0.25, 0.3) is 0 Å². The molecule has 0 spiro atoms. The molecule has 2 rings (SSSR count). The standard InChI is InChI=1S/C17H17F3N2O4S/c1-12-4-2-3-5-13(12)10-21-16(23)11-22-27(24,25)15-8-6-14(7-9-15)26-17(18,19)20/h2-9,22H,10-11H2,1H3,(H,21,23). The minimum atomic E-state index is -4.87. The van der Waals surface area contributed by atoms with Gasteiger partial charge in [0.25, 0.3) is 0 Å². The predicted octanol–water partition coefficient (Wildman–Crippen LogP) is 2.49. The highest BCUT2D eigenvalue weighted by atomic mass is 32.2. The van der Waals surface area contributed by atoms with E-state index in [4.69, 9.17) is 0 Å². The quantitative estimate of drug-likeness (QED) is 0.745. The summed E-state index contributed by atoms with van der Waals surface area (Å²) in [6.07, 6.45) is -4.87. The van der Waals surface area contributed by atoms with Gasteiger partial charge in [-0.25, -0.2) is 13.1 Å². The van der Waals surface area contributed by atoms with Crippen LogP contribution < -0.4 is 14.8 Å². The molecule has 0 atom stereocenters. The van der Waals surface area contributed by atoms with Crippen molar-refractivity contribution in [2.75, 3.05) is 6.54 Å². The molecular weight excluding hydrogens is 385 g/mol. The second-order valence-corrected chi connectivity index (χ2v) is 7.31. The molecule has 0 saturated carbocycles. The number of aryl methyl sites for hydroxylation is 1. The Kier molecular flexibility index (Phi) is 6.45. The Balaban J connectivity index is 1.90.